The number of anilines is 1. The first kappa shape index (κ1) is 34.5. The van der Waals surface area contributed by atoms with Gasteiger partial charge in [-0.1, -0.05) is 54.4 Å². The lowest BCUT2D eigenvalue weighted by molar-refractivity contribution is -0.132. The second kappa shape index (κ2) is 13.5. The van der Waals surface area contributed by atoms with Gasteiger partial charge < -0.3 is 28.8 Å². The minimum absolute atomic E-state index is 0.0214. The quantitative estimate of drug-likeness (QED) is 0.234. The van der Waals surface area contributed by atoms with Crippen molar-refractivity contribution in [2.24, 2.45) is 7.05 Å². The second-order valence-electron chi connectivity index (χ2n) is 13.3. The number of hydrogen-bond acceptors (Lipinski definition) is 8. The maximum absolute atomic E-state index is 13.5. The number of benzene rings is 2. The Kier molecular flexibility index (Phi) is 9.49. The van der Waals surface area contributed by atoms with Crippen molar-refractivity contribution in [2.75, 3.05) is 32.0 Å². The number of oxazole rings is 1. The van der Waals surface area contributed by atoms with E-state index >= 15 is 0 Å². The van der Waals surface area contributed by atoms with Crippen molar-refractivity contribution in [3.63, 3.8) is 0 Å². The Hall–Kier alpha value is -4.39. The molecule has 2 aliphatic heterocycles. The Balaban J connectivity index is 1.19. The Labute approximate surface area is 294 Å². The number of carbonyl (C=O) groups excluding carboxylic acids is 3. The number of amides is 3. The molecule has 14 heteroatoms. The topological polar surface area (TPSA) is 126 Å². The van der Waals surface area contributed by atoms with Crippen molar-refractivity contribution in [1.29, 1.82) is 0 Å². The predicted molar refractivity (Wildman–Crippen MR) is 186 cm³/mol. The van der Waals surface area contributed by atoms with Crippen molar-refractivity contribution in [3.05, 3.63) is 75.1 Å². The normalized spacial score (nSPS) is 14.2. The first-order valence-corrected chi connectivity index (χ1v) is 16.9. The van der Waals surface area contributed by atoms with Gasteiger partial charge in [-0.3, -0.25) is 14.5 Å². The molecule has 0 atom stereocenters. The van der Waals surface area contributed by atoms with Crippen LogP contribution >= 0.6 is 23.2 Å². The number of hydrogen-bond donors (Lipinski definition) is 1. The van der Waals surface area contributed by atoms with Gasteiger partial charge >= 0.3 is 6.09 Å². The van der Waals surface area contributed by atoms with Crippen molar-refractivity contribution in [3.8, 4) is 22.6 Å². The molecule has 2 aromatic heterocycles. The molecule has 0 spiro atoms. The third-order valence-electron chi connectivity index (χ3n) is 8.63. The smallest absolute Gasteiger partial charge is 0.410 e. The van der Waals surface area contributed by atoms with E-state index in [0.717, 1.165) is 12.2 Å². The van der Waals surface area contributed by atoms with Crippen LogP contribution in [0.4, 0.5) is 10.5 Å². The van der Waals surface area contributed by atoms with E-state index in [4.69, 9.17) is 32.4 Å². The number of aromatic nitrogens is 3. The van der Waals surface area contributed by atoms with E-state index in [2.05, 4.69) is 15.3 Å². The molecule has 49 heavy (non-hydrogen) atoms. The predicted octanol–water partition coefficient (Wildman–Crippen LogP) is 6.39. The fraction of sp³-hybridized carbons (Fsp3) is 0.400. The Morgan fingerprint density at radius 2 is 1.63 bits per heavy atom. The molecule has 3 amide bonds. The average Bonchev–Trinajstić information content (AvgIpc) is 3.73. The zero-order valence-electron chi connectivity index (χ0n) is 28.4. The van der Waals surface area contributed by atoms with Gasteiger partial charge in [-0.15, -0.1) is 0 Å². The maximum atomic E-state index is 13.5. The van der Waals surface area contributed by atoms with Crippen LogP contribution < -0.4 is 5.32 Å². The number of nitrogens with one attached hydrogen (secondary N) is 1. The summed E-state index contributed by atoms with van der Waals surface area (Å²) in [6, 6.07) is 10.8. The Bertz CT molecular complexity index is 1920. The molecule has 0 bridgehead atoms. The Morgan fingerprint density at radius 1 is 0.959 bits per heavy atom. The molecule has 4 heterocycles. The number of ether oxygens (including phenoxy) is 1. The average molecular weight is 709 g/mol. The first-order chi connectivity index (χ1) is 23.2. The molecule has 0 aliphatic carbocycles. The number of carbonyl (C=O) groups is 3. The molecular formula is C35H39Cl2N7O5. The summed E-state index contributed by atoms with van der Waals surface area (Å²) in [6.07, 6.45) is 0.124. The molecule has 258 valence electrons. The number of halogens is 2. The summed E-state index contributed by atoms with van der Waals surface area (Å²) < 4.78 is 13.4. The van der Waals surface area contributed by atoms with Crippen molar-refractivity contribution < 1.29 is 23.5 Å². The molecular weight excluding hydrogens is 669 g/mol. The van der Waals surface area contributed by atoms with E-state index < -0.39 is 17.6 Å². The van der Waals surface area contributed by atoms with E-state index in [9.17, 15) is 14.4 Å². The van der Waals surface area contributed by atoms with Crippen molar-refractivity contribution in [2.45, 2.75) is 59.4 Å². The van der Waals surface area contributed by atoms with Gasteiger partial charge in [-0.05, 0) is 46.5 Å². The molecule has 12 nitrogen and oxygen atoms in total. The minimum Gasteiger partial charge on any atom is -0.444 e. The van der Waals surface area contributed by atoms with Crippen LogP contribution in [0.2, 0.25) is 10.0 Å². The van der Waals surface area contributed by atoms with Gasteiger partial charge in [0.15, 0.2) is 5.82 Å². The molecule has 0 saturated heterocycles. The summed E-state index contributed by atoms with van der Waals surface area (Å²) >= 11 is 13.9. The standard InChI is InChI=1S/C35H39Cl2N7O5/c1-7-41(5)19-28(45)44-17-25-27(18-44)48-33(40-25)22-12-8-10-20(29(22)36)21-11-9-13-23(30(21)37)39-32(46)31-38-24-16-43(15-14-26(24)42(31)6)34(47)49-35(2,3)4/h8-13H,7,14-19H2,1-6H3,(H,39,46). The monoisotopic (exact) mass is 707 g/mol. The molecule has 6 rings (SSSR count). The summed E-state index contributed by atoms with van der Waals surface area (Å²) in [5.41, 5.74) is 3.83. The maximum Gasteiger partial charge on any atom is 0.410 e. The van der Waals surface area contributed by atoms with Gasteiger partial charge in [-0.2, -0.15) is 0 Å². The van der Waals surface area contributed by atoms with E-state index in [-0.39, 0.29) is 18.3 Å². The van der Waals surface area contributed by atoms with E-state index in [1.165, 1.54) is 0 Å². The van der Waals surface area contributed by atoms with Gasteiger partial charge in [-0.25, -0.2) is 14.8 Å². The first-order valence-electron chi connectivity index (χ1n) is 16.1. The number of fused-ring (bicyclic) bond motifs is 2. The number of nitrogens with zero attached hydrogens (tertiary/aromatic N) is 6. The summed E-state index contributed by atoms with van der Waals surface area (Å²) in [6.45, 7) is 10.0. The highest BCUT2D eigenvalue weighted by molar-refractivity contribution is 6.39. The second-order valence-corrected chi connectivity index (χ2v) is 14.1. The molecule has 0 saturated carbocycles. The number of rotatable bonds is 7. The van der Waals surface area contributed by atoms with Crippen LogP contribution in [0.1, 0.15) is 61.2 Å². The van der Waals surface area contributed by atoms with Gasteiger partial charge in [0.2, 0.25) is 11.8 Å². The molecule has 0 unspecified atom stereocenters. The van der Waals surface area contributed by atoms with Crippen LogP contribution in [0, 0.1) is 0 Å². The van der Waals surface area contributed by atoms with Crippen LogP contribution in [0.5, 0.6) is 0 Å². The van der Waals surface area contributed by atoms with Gasteiger partial charge in [0.25, 0.3) is 5.91 Å². The fourth-order valence-corrected chi connectivity index (χ4v) is 6.49. The molecule has 0 radical (unpaired) electrons. The zero-order chi connectivity index (χ0) is 35.2. The third kappa shape index (κ3) is 7.03. The minimum atomic E-state index is -0.613. The summed E-state index contributed by atoms with van der Waals surface area (Å²) in [5, 5.41) is 3.59. The highest BCUT2D eigenvalue weighted by Gasteiger charge is 2.32. The SMILES string of the molecule is CCN(C)CC(=O)N1Cc2nc(-c3cccc(-c4cccc(NC(=O)c5nc6c(n5C)CCN(C(=O)OC(C)(C)C)C6)c4Cl)c3Cl)oc2C1. The van der Waals surface area contributed by atoms with Crippen LogP contribution in [0.3, 0.4) is 0 Å². The zero-order valence-corrected chi connectivity index (χ0v) is 29.9. The highest BCUT2D eigenvalue weighted by atomic mass is 35.5. The highest BCUT2D eigenvalue weighted by Crippen LogP contribution is 2.42. The fourth-order valence-electron chi connectivity index (χ4n) is 5.91. The van der Waals surface area contributed by atoms with Gasteiger partial charge in [0.1, 0.15) is 17.1 Å². The van der Waals surface area contributed by atoms with Crippen molar-refractivity contribution >= 4 is 46.8 Å². The van der Waals surface area contributed by atoms with E-state index in [1.54, 1.807) is 33.5 Å². The van der Waals surface area contributed by atoms with Crippen LogP contribution in [0.15, 0.2) is 40.8 Å². The lowest BCUT2D eigenvalue weighted by atomic mass is 10.0. The molecule has 1 N–H and O–H groups in total. The largest absolute Gasteiger partial charge is 0.444 e. The molecule has 2 aromatic carbocycles. The van der Waals surface area contributed by atoms with Crippen LogP contribution in [-0.2, 0) is 42.6 Å². The van der Waals surface area contributed by atoms with E-state index in [0.29, 0.717) is 88.1 Å². The molecule has 0 fully saturated rings. The van der Waals surface area contributed by atoms with Gasteiger partial charge in [0, 0.05) is 36.8 Å². The van der Waals surface area contributed by atoms with Crippen LogP contribution in [0.25, 0.3) is 22.6 Å². The lowest BCUT2D eigenvalue weighted by Crippen LogP contribution is -2.40. The lowest BCUT2D eigenvalue weighted by Gasteiger charge is -2.29. The summed E-state index contributed by atoms with van der Waals surface area (Å²) in [5.74, 6) is 0.780. The van der Waals surface area contributed by atoms with Crippen molar-refractivity contribution in [1.82, 2.24) is 29.2 Å². The van der Waals surface area contributed by atoms with Crippen LogP contribution in [-0.4, -0.2) is 79.4 Å². The summed E-state index contributed by atoms with van der Waals surface area (Å²) in [7, 11) is 3.69. The Morgan fingerprint density at radius 3 is 2.33 bits per heavy atom. The number of likely N-dealkylation sites (N-methyl/N-ethyl adjacent to an activating group) is 1. The third-order valence-corrected chi connectivity index (χ3v) is 9.44. The summed E-state index contributed by atoms with van der Waals surface area (Å²) in [4.78, 5) is 53.4. The molecule has 2 aliphatic rings. The molecule has 4 aromatic rings. The van der Waals surface area contributed by atoms with Gasteiger partial charge in [0.05, 0.1) is 53.2 Å². The number of imidazole rings is 1. The van der Waals surface area contributed by atoms with E-state index in [1.807, 2.05) is 63.9 Å².